The summed E-state index contributed by atoms with van der Waals surface area (Å²) in [5.41, 5.74) is 0. The van der Waals surface area contributed by atoms with E-state index in [0.717, 1.165) is 51.4 Å². The summed E-state index contributed by atoms with van der Waals surface area (Å²) < 4.78 is 34.2. The van der Waals surface area contributed by atoms with Crippen molar-refractivity contribution in [3.05, 3.63) is 12.2 Å². The Labute approximate surface area is 307 Å². The van der Waals surface area contributed by atoms with Gasteiger partial charge in [-0.05, 0) is 38.5 Å². The third-order valence-corrected chi connectivity index (χ3v) is 9.78. The van der Waals surface area contributed by atoms with Crippen LogP contribution < -0.4 is 0 Å². The van der Waals surface area contributed by atoms with Crippen LogP contribution in [0.2, 0.25) is 0 Å². The second kappa shape index (κ2) is 33.6. The second-order valence-electron chi connectivity index (χ2n) is 15.0. The number of esters is 2. The first kappa shape index (κ1) is 48.8. The van der Waals surface area contributed by atoms with Gasteiger partial charge in [-0.25, -0.2) is 4.57 Å². The summed E-state index contributed by atoms with van der Waals surface area (Å²) in [4.78, 5) is 35.2. The Morgan fingerprint density at radius 2 is 1.02 bits per heavy atom. The Hall–Kier alpha value is -1.25. The van der Waals surface area contributed by atoms with Gasteiger partial charge in [0.1, 0.15) is 19.8 Å². The summed E-state index contributed by atoms with van der Waals surface area (Å²) in [6, 6.07) is 0. The van der Waals surface area contributed by atoms with Crippen molar-refractivity contribution < 1.29 is 42.1 Å². The maximum atomic E-state index is 12.6. The molecule has 0 fully saturated rings. The van der Waals surface area contributed by atoms with Crippen LogP contribution in [0.5, 0.6) is 0 Å². The number of ether oxygens (including phenoxy) is 2. The van der Waals surface area contributed by atoms with E-state index in [0.29, 0.717) is 23.9 Å². The zero-order valence-corrected chi connectivity index (χ0v) is 34.0. The Morgan fingerprint density at radius 1 is 0.600 bits per heavy atom. The largest absolute Gasteiger partial charge is 0.472 e. The van der Waals surface area contributed by atoms with Gasteiger partial charge in [0.25, 0.3) is 0 Å². The number of likely N-dealkylation sites (N-methyl/N-ethyl adjacent to an activating group) is 1. The van der Waals surface area contributed by atoms with Crippen molar-refractivity contribution in [1.82, 2.24) is 0 Å². The van der Waals surface area contributed by atoms with Crippen LogP contribution in [0.3, 0.4) is 0 Å². The molecule has 0 aromatic carbocycles. The van der Waals surface area contributed by atoms with Crippen LogP contribution in [0.4, 0.5) is 0 Å². The number of hydrogen-bond acceptors (Lipinski definition) is 7. The van der Waals surface area contributed by atoms with Crippen LogP contribution in [-0.4, -0.2) is 74.9 Å². The van der Waals surface area contributed by atoms with E-state index in [2.05, 4.69) is 26.0 Å². The average Bonchev–Trinajstić information content (AvgIpc) is 3.06. The summed E-state index contributed by atoms with van der Waals surface area (Å²) in [5.74, 6) is -0.803. The van der Waals surface area contributed by atoms with Gasteiger partial charge >= 0.3 is 19.8 Å². The van der Waals surface area contributed by atoms with E-state index in [-0.39, 0.29) is 25.6 Å². The predicted octanol–water partition coefficient (Wildman–Crippen LogP) is 11.0. The van der Waals surface area contributed by atoms with E-state index >= 15 is 0 Å². The van der Waals surface area contributed by atoms with E-state index < -0.39 is 26.5 Å². The SMILES string of the molecule is CCCCC/C=C\CCCCCCCC(=O)OC(COC(=O)CCCCCCCCCCCCCCCC)COP(=O)(O)OCC[N+](C)(C)C. The molecule has 2 unspecified atom stereocenters. The number of nitrogens with zero attached hydrogens (tertiary/aromatic N) is 1. The molecule has 0 amide bonds. The fourth-order valence-corrected chi connectivity index (χ4v) is 6.28. The minimum atomic E-state index is -4.36. The first-order valence-corrected chi connectivity index (χ1v) is 21.9. The molecule has 296 valence electrons. The van der Waals surface area contributed by atoms with Gasteiger partial charge in [0.05, 0.1) is 27.7 Å². The van der Waals surface area contributed by atoms with Gasteiger partial charge in [0, 0.05) is 12.8 Å². The van der Waals surface area contributed by atoms with Crippen molar-refractivity contribution in [1.29, 1.82) is 0 Å². The van der Waals surface area contributed by atoms with E-state index in [1.165, 1.54) is 96.3 Å². The molecule has 10 heteroatoms. The van der Waals surface area contributed by atoms with E-state index in [1.807, 2.05) is 21.1 Å². The van der Waals surface area contributed by atoms with Gasteiger partial charge < -0.3 is 18.9 Å². The number of phosphoric ester groups is 1. The van der Waals surface area contributed by atoms with Crippen molar-refractivity contribution in [3.8, 4) is 0 Å². The molecular weight excluding hydrogens is 653 g/mol. The summed E-state index contributed by atoms with van der Waals surface area (Å²) in [6.07, 6.45) is 32.5. The molecule has 9 nitrogen and oxygen atoms in total. The molecule has 0 aliphatic rings. The topological polar surface area (TPSA) is 108 Å². The summed E-state index contributed by atoms with van der Waals surface area (Å²) in [6.45, 7) is 4.39. The Balaban J connectivity index is 4.39. The van der Waals surface area contributed by atoms with Crippen LogP contribution in [0.25, 0.3) is 0 Å². The van der Waals surface area contributed by atoms with Gasteiger partial charge in [-0.3, -0.25) is 18.6 Å². The van der Waals surface area contributed by atoms with Crippen molar-refractivity contribution in [3.63, 3.8) is 0 Å². The molecule has 0 bridgehead atoms. The zero-order chi connectivity index (χ0) is 37.2. The van der Waals surface area contributed by atoms with Crippen LogP contribution in [-0.2, 0) is 32.7 Å². The lowest BCUT2D eigenvalue weighted by Gasteiger charge is -2.24. The molecule has 0 rings (SSSR count). The van der Waals surface area contributed by atoms with E-state index in [1.54, 1.807) is 0 Å². The number of allylic oxidation sites excluding steroid dienone is 2. The van der Waals surface area contributed by atoms with Crippen molar-refractivity contribution >= 4 is 19.8 Å². The van der Waals surface area contributed by atoms with Crippen molar-refractivity contribution in [2.45, 2.75) is 187 Å². The predicted molar refractivity (Wildman–Crippen MR) is 206 cm³/mol. The average molecular weight is 733 g/mol. The van der Waals surface area contributed by atoms with Gasteiger partial charge in [-0.2, -0.15) is 0 Å². The van der Waals surface area contributed by atoms with Gasteiger partial charge in [0.2, 0.25) is 0 Å². The highest BCUT2D eigenvalue weighted by atomic mass is 31.2. The monoisotopic (exact) mass is 733 g/mol. The lowest BCUT2D eigenvalue weighted by atomic mass is 10.0. The lowest BCUT2D eigenvalue weighted by molar-refractivity contribution is -0.870. The molecule has 0 aliphatic heterocycles. The number of carbonyl (C=O) groups is 2. The minimum Gasteiger partial charge on any atom is -0.462 e. The van der Waals surface area contributed by atoms with Crippen LogP contribution >= 0.6 is 7.82 Å². The highest BCUT2D eigenvalue weighted by Gasteiger charge is 2.27. The maximum Gasteiger partial charge on any atom is 0.472 e. The number of unbranched alkanes of at least 4 members (excludes halogenated alkanes) is 21. The fourth-order valence-electron chi connectivity index (χ4n) is 5.54. The van der Waals surface area contributed by atoms with Gasteiger partial charge in [-0.1, -0.05) is 142 Å². The molecule has 0 aliphatic carbocycles. The molecule has 1 N–H and O–H groups in total. The van der Waals surface area contributed by atoms with E-state index in [4.69, 9.17) is 18.5 Å². The molecule has 2 atom stereocenters. The Bertz CT molecular complexity index is 876. The molecule has 0 saturated heterocycles. The Kier molecular flexibility index (Phi) is 32.7. The third-order valence-electron chi connectivity index (χ3n) is 8.80. The molecular formula is C40H79NO8P+. The first-order chi connectivity index (χ1) is 24.0. The maximum absolute atomic E-state index is 12.6. The summed E-state index contributed by atoms with van der Waals surface area (Å²) in [7, 11) is 1.48. The highest BCUT2D eigenvalue weighted by Crippen LogP contribution is 2.43. The van der Waals surface area contributed by atoms with Crippen LogP contribution in [0.1, 0.15) is 181 Å². The standard InChI is InChI=1S/C40H78NO8P/c1-6-8-10-12-14-16-18-20-21-23-24-26-28-30-32-39(42)46-36-38(37-48-50(44,45)47-35-34-41(3,4)5)49-40(43)33-31-29-27-25-22-19-17-15-13-11-9-7-2/h15,17,38H,6-14,16,18-37H2,1-5H3/p+1/b17-15-. The number of rotatable bonds is 37. The molecule has 0 aromatic rings. The third kappa shape index (κ3) is 36.5. The molecule has 0 radical (unpaired) electrons. The molecule has 0 saturated carbocycles. The molecule has 0 heterocycles. The van der Waals surface area contributed by atoms with Crippen molar-refractivity contribution in [2.75, 3.05) is 47.5 Å². The number of quaternary nitrogens is 1. The van der Waals surface area contributed by atoms with Gasteiger partial charge in [-0.15, -0.1) is 0 Å². The Morgan fingerprint density at radius 3 is 1.52 bits per heavy atom. The lowest BCUT2D eigenvalue weighted by Crippen LogP contribution is -2.37. The van der Waals surface area contributed by atoms with Crippen LogP contribution in [0.15, 0.2) is 12.2 Å². The smallest absolute Gasteiger partial charge is 0.462 e. The van der Waals surface area contributed by atoms with Gasteiger partial charge in [0.15, 0.2) is 6.10 Å². The highest BCUT2D eigenvalue weighted by molar-refractivity contribution is 7.47. The molecule has 50 heavy (non-hydrogen) atoms. The van der Waals surface area contributed by atoms with Crippen molar-refractivity contribution in [2.24, 2.45) is 0 Å². The molecule has 0 aromatic heterocycles. The molecule has 0 spiro atoms. The number of hydrogen-bond donors (Lipinski definition) is 1. The normalized spacial score (nSPS) is 13.8. The summed E-state index contributed by atoms with van der Waals surface area (Å²) in [5, 5.41) is 0. The first-order valence-electron chi connectivity index (χ1n) is 20.4. The number of carbonyl (C=O) groups excluding carboxylic acids is 2. The van der Waals surface area contributed by atoms with E-state index in [9.17, 15) is 19.0 Å². The summed E-state index contributed by atoms with van der Waals surface area (Å²) >= 11 is 0. The second-order valence-corrected chi connectivity index (χ2v) is 16.5. The quantitative estimate of drug-likeness (QED) is 0.0221. The fraction of sp³-hybridized carbons (Fsp3) is 0.900. The minimum absolute atomic E-state index is 0.0329. The van der Waals surface area contributed by atoms with Crippen LogP contribution in [0, 0.1) is 0 Å². The number of phosphoric acid groups is 1. The zero-order valence-electron chi connectivity index (χ0n) is 33.1.